The molecule has 4 rings (SSSR count). The topological polar surface area (TPSA) is 12.0 Å². The number of rotatable bonds is 0. The van der Waals surface area contributed by atoms with Crippen LogP contribution < -0.4 is 5.32 Å². The molecule has 1 aromatic rings. The van der Waals surface area contributed by atoms with Gasteiger partial charge in [-0.05, 0) is 48.1 Å². The molecule has 3 atom stereocenters. The molecule has 3 aliphatic rings. The third kappa shape index (κ3) is 1.10. The van der Waals surface area contributed by atoms with E-state index in [1.54, 1.807) is 10.4 Å². The number of nitrogens with one attached hydrogen (secondary N) is 1. The van der Waals surface area contributed by atoms with Crippen molar-refractivity contribution in [1.82, 2.24) is 5.32 Å². The first-order valence-electron chi connectivity index (χ1n) is 6.72. The van der Waals surface area contributed by atoms with Gasteiger partial charge in [-0.2, -0.15) is 0 Å². The fraction of sp³-hybridized carbons (Fsp3) is 0.714. The maximum absolute atomic E-state index is 3.88. The zero-order valence-electron chi connectivity index (χ0n) is 9.67. The highest BCUT2D eigenvalue weighted by Crippen LogP contribution is 2.59. The van der Waals surface area contributed by atoms with Gasteiger partial charge in [-0.3, -0.25) is 0 Å². The average Bonchev–Trinajstić information content (AvgIpc) is 2.76. The van der Waals surface area contributed by atoms with E-state index in [1.165, 1.54) is 45.1 Å². The smallest absolute Gasteiger partial charge is 0.0565 e. The summed E-state index contributed by atoms with van der Waals surface area (Å²) in [4.78, 5) is 1.70. The highest BCUT2D eigenvalue weighted by atomic mass is 32.1. The second-order valence-electron chi connectivity index (χ2n) is 5.78. The molecule has 1 spiro atoms. The minimum absolute atomic E-state index is 0.423. The molecule has 16 heavy (non-hydrogen) atoms. The maximum atomic E-state index is 3.88. The predicted molar refractivity (Wildman–Crippen MR) is 67.8 cm³/mol. The van der Waals surface area contributed by atoms with E-state index in [0.717, 1.165) is 11.8 Å². The first-order valence-corrected chi connectivity index (χ1v) is 7.60. The Bertz CT molecular complexity index is 411. The molecule has 2 aliphatic carbocycles. The van der Waals surface area contributed by atoms with Crippen LogP contribution in [0.1, 0.15) is 42.5 Å². The van der Waals surface area contributed by atoms with Crippen LogP contribution in [-0.4, -0.2) is 6.54 Å². The van der Waals surface area contributed by atoms with Gasteiger partial charge in [-0.1, -0.05) is 19.3 Å². The standard InChI is InChI=1S/C14H19NS/c1-2-4-12-11(3-1)9-14(12)13-10(5-7-15-14)6-8-16-13/h6,8,11-12,15H,1-5,7,9H2/t11-,12-,14?/m1/s1. The summed E-state index contributed by atoms with van der Waals surface area (Å²) in [5, 5.41) is 6.19. The zero-order valence-corrected chi connectivity index (χ0v) is 10.5. The molecule has 1 nitrogen and oxygen atoms in total. The van der Waals surface area contributed by atoms with Gasteiger partial charge in [0.2, 0.25) is 0 Å². The summed E-state index contributed by atoms with van der Waals surface area (Å²) in [6, 6.07) is 2.36. The van der Waals surface area contributed by atoms with Crippen molar-refractivity contribution < 1.29 is 0 Å². The SMILES string of the molecule is c1cc2c(s1)C1(C[C@H]3CCCC[C@H]31)NCC2. The molecule has 2 saturated carbocycles. The number of hydrogen-bond acceptors (Lipinski definition) is 2. The molecule has 0 amide bonds. The lowest BCUT2D eigenvalue weighted by Crippen LogP contribution is -2.62. The summed E-state index contributed by atoms with van der Waals surface area (Å²) >= 11 is 2.00. The summed E-state index contributed by atoms with van der Waals surface area (Å²) in [6.45, 7) is 1.20. The largest absolute Gasteiger partial charge is 0.306 e. The van der Waals surface area contributed by atoms with Gasteiger partial charge in [0, 0.05) is 11.4 Å². The first-order chi connectivity index (χ1) is 7.90. The molecule has 1 unspecified atom stereocenters. The van der Waals surface area contributed by atoms with Gasteiger partial charge in [0.05, 0.1) is 5.54 Å². The van der Waals surface area contributed by atoms with Gasteiger partial charge in [0.25, 0.3) is 0 Å². The highest BCUT2D eigenvalue weighted by Gasteiger charge is 2.56. The monoisotopic (exact) mass is 233 g/mol. The molecule has 1 aromatic heterocycles. The van der Waals surface area contributed by atoms with Crippen molar-refractivity contribution in [3.05, 3.63) is 21.9 Å². The Morgan fingerprint density at radius 2 is 2.25 bits per heavy atom. The van der Waals surface area contributed by atoms with Crippen molar-refractivity contribution >= 4 is 11.3 Å². The molecular weight excluding hydrogens is 214 g/mol. The second-order valence-corrected chi connectivity index (χ2v) is 6.69. The van der Waals surface area contributed by atoms with Crippen LogP contribution in [0.3, 0.4) is 0 Å². The van der Waals surface area contributed by atoms with Crippen molar-refractivity contribution in [2.45, 2.75) is 44.1 Å². The molecule has 0 aromatic carbocycles. The maximum Gasteiger partial charge on any atom is 0.0565 e. The fourth-order valence-electron chi connectivity index (χ4n) is 4.39. The minimum atomic E-state index is 0.423. The van der Waals surface area contributed by atoms with E-state index in [0.29, 0.717) is 5.54 Å². The van der Waals surface area contributed by atoms with E-state index in [-0.39, 0.29) is 0 Å². The van der Waals surface area contributed by atoms with Crippen molar-refractivity contribution in [2.24, 2.45) is 11.8 Å². The van der Waals surface area contributed by atoms with E-state index < -0.39 is 0 Å². The minimum Gasteiger partial charge on any atom is -0.306 e. The van der Waals surface area contributed by atoms with Gasteiger partial charge in [-0.25, -0.2) is 0 Å². The molecule has 0 bridgehead atoms. The van der Waals surface area contributed by atoms with Gasteiger partial charge >= 0.3 is 0 Å². The van der Waals surface area contributed by atoms with Gasteiger partial charge < -0.3 is 5.32 Å². The van der Waals surface area contributed by atoms with Crippen LogP contribution in [0.4, 0.5) is 0 Å². The number of hydrogen-bond donors (Lipinski definition) is 1. The van der Waals surface area contributed by atoms with E-state index >= 15 is 0 Å². The lowest BCUT2D eigenvalue weighted by atomic mass is 9.52. The van der Waals surface area contributed by atoms with Crippen LogP contribution in [0.15, 0.2) is 11.4 Å². The molecule has 2 fully saturated rings. The van der Waals surface area contributed by atoms with Crippen LogP contribution in [0.25, 0.3) is 0 Å². The Morgan fingerprint density at radius 1 is 1.31 bits per heavy atom. The predicted octanol–water partition coefficient (Wildman–Crippen LogP) is 3.30. The Balaban J connectivity index is 1.74. The van der Waals surface area contributed by atoms with Gasteiger partial charge in [0.15, 0.2) is 0 Å². The lowest BCUT2D eigenvalue weighted by Gasteiger charge is -2.59. The number of thiophene rings is 1. The molecular formula is C14H19NS. The summed E-state index contributed by atoms with van der Waals surface area (Å²) in [5.41, 5.74) is 2.07. The Morgan fingerprint density at radius 3 is 3.19 bits per heavy atom. The number of fused-ring (bicyclic) bond motifs is 4. The van der Waals surface area contributed by atoms with Crippen LogP contribution >= 0.6 is 11.3 Å². The van der Waals surface area contributed by atoms with Crippen LogP contribution in [0.2, 0.25) is 0 Å². The van der Waals surface area contributed by atoms with E-state index in [4.69, 9.17) is 0 Å². The zero-order chi connectivity index (χ0) is 10.6. The third-order valence-corrected chi connectivity index (χ3v) is 6.25. The van der Waals surface area contributed by atoms with Crippen LogP contribution in [0.5, 0.6) is 0 Å². The molecule has 0 radical (unpaired) electrons. The van der Waals surface area contributed by atoms with E-state index in [9.17, 15) is 0 Å². The first kappa shape index (κ1) is 9.67. The van der Waals surface area contributed by atoms with E-state index in [1.807, 2.05) is 11.3 Å². The van der Waals surface area contributed by atoms with Crippen molar-refractivity contribution in [2.75, 3.05) is 6.54 Å². The van der Waals surface area contributed by atoms with Crippen molar-refractivity contribution in [3.63, 3.8) is 0 Å². The second kappa shape index (κ2) is 3.33. The highest BCUT2D eigenvalue weighted by molar-refractivity contribution is 7.10. The normalized spacial score (nSPS) is 41.2. The quantitative estimate of drug-likeness (QED) is 0.725. The Labute approximate surface area is 101 Å². The van der Waals surface area contributed by atoms with Crippen molar-refractivity contribution in [1.29, 1.82) is 0 Å². The van der Waals surface area contributed by atoms with Gasteiger partial charge in [0.1, 0.15) is 0 Å². The summed E-state index contributed by atoms with van der Waals surface area (Å²) < 4.78 is 0. The molecule has 1 N–H and O–H groups in total. The molecule has 2 heterocycles. The molecule has 2 heteroatoms. The van der Waals surface area contributed by atoms with E-state index in [2.05, 4.69) is 16.8 Å². The van der Waals surface area contributed by atoms with Crippen LogP contribution in [0, 0.1) is 11.8 Å². The molecule has 0 saturated heterocycles. The van der Waals surface area contributed by atoms with Gasteiger partial charge in [-0.15, -0.1) is 11.3 Å². The Kier molecular flexibility index (Phi) is 2.01. The fourth-order valence-corrected chi connectivity index (χ4v) is 5.60. The Hall–Kier alpha value is -0.340. The third-order valence-electron chi connectivity index (χ3n) is 5.11. The summed E-state index contributed by atoms with van der Waals surface area (Å²) in [6.07, 6.45) is 8.58. The molecule has 1 aliphatic heterocycles. The lowest BCUT2D eigenvalue weighted by molar-refractivity contribution is -0.0319. The molecule has 86 valence electrons. The summed E-state index contributed by atoms with van der Waals surface area (Å²) in [5.74, 6) is 1.99. The van der Waals surface area contributed by atoms with Crippen molar-refractivity contribution in [3.8, 4) is 0 Å². The van der Waals surface area contributed by atoms with Crippen LogP contribution in [-0.2, 0) is 12.0 Å². The average molecular weight is 233 g/mol. The summed E-state index contributed by atoms with van der Waals surface area (Å²) in [7, 11) is 0.